The van der Waals surface area contributed by atoms with E-state index in [-0.39, 0.29) is 0 Å². The van der Waals surface area contributed by atoms with E-state index in [0.717, 1.165) is 94.1 Å². The van der Waals surface area contributed by atoms with Crippen molar-refractivity contribution in [3.05, 3.63) is 158 Å². The first-order chi connectivity index (χ1) is 26.9. The SMILES string of the molecule is Cc1ccc(C2=c3ccc([nH]3)=Cc3ccc([nH]3)C(c3ccc(OCCC[N+](C)(C)CCC[NH+](C)CCC[N+](C)(C)C)cc3)=c3ccc([nH]3)=Cc3ccc2[nH]3)cc1. The second-order valence-electron chi connectivity index (χ2n) is 17.5. The first-order valence-electron chi connectivity index (χ1n) is 20.3. The molecule has 1 unspecified atom stereocenters. The molecule has 56 heavy (non-hydrogen) atoms. The first-order valence-corrected chi connectivity index (χ1v) is 20.3. The number of benzene rings is 2. The van der Waals surface area contributed by atoms with E-state index in [1.54, 1.807) is 4.90 Å². The molecule has 5 N–H and O–H groups in total. The smallest absolute Gasteiger partial charge is 0.119 e. The zero-order valence-corrected chi connectivity index (χ0v) is 34.6. The molecule has 5 heterocycles. The van der Waals surface area contributed by atoms with Crippen molar-refractivity contribution >= 4 is 23.3 Å². The standard InChI is InChI=1S/C48H61N7O/c1-35-11-13-36(14-12-35)47-43-23-17-38(49-43)33-40-19-25-45(51-40)48(46-26-20-41(52-46)34-39-18-24-44(47)50-39)37-15-21-42(22-16-37)56-32-10-31-55(6,7)30-9-28-53(2)27-8-29-54(3,4)5/h11-26,33-34,49-52H,8-10,27-32H2,1-7H3/q+2/p+1. The number of hydrogen-bond donors (Lipinski definition) is 5. The molecule has 1 aliphatic rings. The van der Waals surface area contributed by atoms with Crippen LogP contribution < -0.4 is 31.0 Å². The van der Waals surface area contributed by atoms with E-state index in [4.69, 9.17) is 4.74 Å². The molecular formula is C48H62N7O+3. The maximum absolute atomic E-state index is 6.28. The number of nitrogens with one attached hydrogen (secondary N) is 5. The highest BCUT2D eigenvalue weighted by Crippen LogP contribution is 2.24. The summed E-state index contributed by atoms with van der Waals surface area (Å²) in [4.78, 5) is 16.4. The van der Waals surface area contributed by atoms with E-state index < -0.39 is 0 Å². The molecule has 0 saturated carbocycles. The first kappa shape index (κ1) is 39.0. The largest absolute Gasteiger partial charge is 0.493 e. The molecular weight excluding hydrogens is 691 g/mol. The average molecular weight is 753 g/mol. The van der Waals surface area contributed by atoms with Gasteiger partial charge in [-0.25, -0.2) is 0 Å². The number of hydrogen-bond acceptors (Lipinski definition) is 1. The second-order valence-corrected chi connectivity index (χ2v) is 17.5. The van der Waals surface area contributed by atoms with Gasteiger partial charge in [0.2, 0.25) is 0 Å². The highest BCUT2D eigenvalue weighted by molar-refractivity contribution is 5.79. The number of aromatic amines is 4. The highest BCUT2D eigenvalue weighted by Gasteiger charge is 2.17. The molecule has 1 aliphatic heterocycles. The van der Waals surface area contributed by atoms with Crippen molar-refractivity contribution in [1.82, 2.24) is 19.9 Å². The van der Waals surface area contributed by atoms with E-state index in [1.807, 2.05) is 0 Å². The molecule has 8 bridgehead atoms. The topological polar surface area (TPSA) is 76.8 Å². The number of aromatic nitrogens is 4. The van der Waals surface area contributed by atoms with E-state index in [9.17, 15) is 0 Å². The lowest BCUT2D eigenvalue weighted by molar-refractivity contribution is -0.909. The minimum atomic E-state index is 0.713. The number of H-pyrrole nitrogens is 4. The van der Waals surface area contributed by atoms with Crippen molar-refractivity contribution in [3.8, 4) is 5.75 Å². The Balaban J connectivity index is 1.06. The van der Waals surface area contributed by atoms with Crippen molar-refractivity contribution in [3.63, 3.8) is 0 Å². The summed E-state index contributed by atoms with van der Waals surface area (Å²) >= 11 is 0. The summed E-state index contributed by atoms with van der Waals surface area (Å²) in [5.74, 6) is 0.903. The van der Waals surface area contributed by atoms with Crippen LogP contribution in [0.3, 0.4) is 0 Å². The fourth-order valence-corrected chi connectivity index (χ4v) is 7.84. The molecule has 4 aromatic heterocycles. The van der Waals surface area contributed by atoms with Gasteiger partial charge >= 0.3 is 0 Å². The van der Waals surface area contributed by atoms with Crippen LogP contribution in [0, 0.1) is 6.92 Å². The summed E-state index contributed by atoms with van der Waals surface area (Å²) < 4.78 is 8.36. The molecule has 1 atom stereocenters. The van der Waals surface area contributed by atoms with E-state index in [1.165, 1.54) is 44.6 Å². The van der Waals surface area contributed by atoms with Crippen LogP contribution in [0.25, 0.3) is 23.3 Å². The Morgan fingerprint density at radius 2 is 1.04 bits per heavy atom. The molecule has 0 amide bonds. The van der Waals surface area contributed by atoms with Crippen LogP contribution in [0.1, 0.15) is 58.7 Å². The molecule has 2 aromatic carbocycles. The summed E-state index contributed by atoms with van der Waals surface area (Å²) in [6.07, 6.45) is 7.89. The van der Waals surface area contributed by atoms with Crippen LogP contribution >= 0.6 is 0 Å². The summed E-state index contributed by atoms with van der Waals surface area (Å²) in [5, 5.41) is 4.17. The maximum Gasteiger partial charge on any atom is 0.119 e. The number of aryl methyl sites for hydroxylation is 1. The molecule has 8 nitrogen and oxygen atoms in total. The fourth-order valence-electron chi connectivity index (χ4n) is 7.84. The van der Waals surface area contributed by atoms with E-state index in [2.05, 4.69) is 178 Å². The van der Waals surface area contributed by atoms with Crippen LogP contribution in [0.5, 0.6) is 5.75 Å². The highest BCUT2D eigenvalue weighted by atomic mass is 16.5. The van der Waals surface area contributed by atoms with Gasteiger partial charge in [0.15, 0.2) is 0 Å². The van der Waals surface area contributed by atoms with Crippen molar-refractivity contribution < 1.29 is 18.6 Å². The minimum absolute atomic E-state index is 0.713. The quantitative estimate of drug-likeness (QED) is 0.0807. The van der Waals surface area contributed by atoms with Crippen molar-refractivity contribution in [1.29, 1.82) is 0 Å². The van der Waals surface area contributed by atoms with Crippen molar-refractivity contribution in [2.75, 3.05) is 81.6 Å². The molecule has 0 saturated heterocycles. The van der Waals surface area contributed by atoms with Gasteiger partial charge in [-0.2, -0.15) is 0 Å². The van der Waals surface area contributed by atoms with Gasteiger partial charge in [0.25, 0.3) is 0 Å². The summed E-state index contributed by atoms with van der Waals surface area (Å²) in [7, 11) is 13.9. The summed E-state index contributed by atoms with van der Waals surface area (Å²) in [6, 6.07) is 34.6. The Hall–Kier alpha value is -5.28. The Kier molecular flexibility index (Phi) is 11.7. The Bertz CT molecular complexity index is 2470. The number of quaternary nitrogens is 3. The van der Waals surface area contributed by atoms with Crippen LogP contribution in [0.4, 0.5) is 0 Å². The van der Waals surface area contributed by atoms with Crippen LogP contribution in [-0.4, -0.2) is 111 Å². The molecule has 0 spiro atoms. The van der Waals surface area contributed by atoms with Gasteiger partial charge in [0, 0.05) is 74.6 Å². The van der Waals surface area contributed by atoms with E-state index >= 15 is 0 Å². The molecule has 8 heteroatoms. The van der Waals surface area contributed by atoms with Gasteiger partial charge in [0.1, 0.15) is 5.75 Å². The number of ether oxygens (including phenoxy) is 1. The lowest BCUT2D eigenvalue weighted by atomic mass is 10.0. The third kappa shape index (κ3) is 10.1. The predicted molar refractivity (Wildman–Crippen MR) is 230 cm³/mol. The van der Waals surface area contributed by atoms with Gasteiger partial charge in [-0.15, -0.1) is 0 Å². The molecule has 7 rings (SSSR count). The van der Waals surface area contributed by atoms with Gasteiger partial charge in [-0.3, -0.25) is 0 Å². The van der Waals surface area contributed by atoms with Crippen LogP contribution in [-0.2, 0) is 0 Å². The van der Waals surface area contributed by atoms with Gasteiger partial charge in [-0.1, -0.05) is 42.0 Å². The minimum Gasteiger partial charge on any atom is -0.493 e. The lowest BCUT2D eigenvalue weighted by Crippen LogP contribution is -3.09. The van der Waals surface area contributed by atoms with Crippen molar-refractivity contribution in [2.24, 2.45) is 0 Å². The average Bonchev–Trinajstić information content (AvgIpc) is 3.98. The number of rotatable bonds is 15. The molecule has 6 aromatic rings. The predicted octanol–water partition coefficient (Wildman–Crippen LogP) is 3.62. The fraction of sp³-hybridized carbons (Fsp3) is 0.333. The second kappa shape index (κ2) is 16.8. The molecule has 0 aliphatic carbocycles. The third-order valence-electron chi connectivity index (χ3n) is 11.0. The molecule has 292 valence electrons. The molecule has 0 radical (unpaired) electrons. The van der Waals surface area contributed by atoms with Crippen LogP contribution in [0.2, 0.25) is 0 Å². The third-order valence-corrected chi connectivity index (χ3v) is 11.0. The zero-order valence-electron chi connectivity index (χ0n) is 34.6. The Morgan fingerprint density at radius 3 is 1.57 bits per heavy atom. The lowest BCUT2D eigenvalue weighted by Gasteiger charge is -2.30. The summed E-state index contributed by atoms with van der Waals surface area (Å²) in [5.41, 5.74) is 9.93. The van der Waals surface area contributed by atoms with Gasteiger partial charge in [0.05, 0.1) is 81.6 Å². The van der Waals surface area contributed by atoms with E-state index in [0.29, 0.717) is 6.61 Å². The Morgan fingerprint density at radius 1 is 0.536 bits per heavy atom. The molecule has 0 fully saturated rings. The summed E-state index contributed by atoms with van der Waals surface area (Å²) in [6.45, 7) is 8.87. The monoisotopic (exact) mass is 752 g/mol. The van der Waals surface area contributed by atoms with Crippen molar-refractivity contribution in [2.45, 2.75) is 26.2 Å². The van der Waals surface area contributed by atoms with Gasteiger partial charge < -0.3 is 38.5 Å². The van der Waals surface area contributed by atoms with Crippen LogP contribution in [0.15, 0.2) is 97.1 Å². The zero-order chi connectivity index (χ0) is 39.3. The Labute approximate surface area is 332 Å². The number of nitrogens with zero attached hydrogens (tertiary/aromatic N) is 2. The normalized spacial score (nSPS) is 13.7. The van der Waals surface area contributed by atoms with Gasteiger partial charge in [-0.05, 0) is 90.9 Å². The maximum atomic E-state index is 6.28. The number of fused-ring (bicyclic) bond motifs is 8.